The highest BCUT2D eigenvalue weighted by Crippen LogP contribution is 2.09. The van der Waals surface area contributed by atoms with Gasteiger partial charge in [0.2, 0.25) is 0 Å². The molecule has 0 radical (unpaired) electrons. The summed E-state index contributed by atoms with van der Waals surface area (Å²) in [5.74, 6) is 0.532. The molecule has 2 aromatic heterocycles. The zero-order valence-electron chi connectivity index (χ0n) is 13.4. The molecule has 7 heteroatoms. The molecule has 0 spiro atoms. The fourth-order valence-corrected chi connectivity index (χ4v) is 2.16. The first kappa shape index (κ1) is 15.8. The molecule has 0 aliphatic rings. The van der Waals surface area contributed by atoms with Crippen molar-refractivity contribution in [1.82, 2.24) is 24.9 Å². The van der Waals surface area contributed by atoms with E-state index in [0.29, 0.717) is 12.2 Å². The van der Waals surface area contributed by atoms with Gasteiger partial charge in [-0.15, -0.1) is 0 Å². The number of aryl methyl sites for hydroxylation is 1. The van der Waals surface area contributed by atoms with Crippen LogP contribution < -0.4 is 10.1 Å². The molecule has 0 aliphatic heterocycles. The molecule has 7 nitrogen and oxygen atoms in total. The summed E-state index contributed by atoms with van der Waals surface area (Å²) >= 11 is 0. The summed E-state index contributed by atoms with van der Waals surface area (Å²) in [4.78, 5) is 12.1. The minimum absolute atomic E-state index is 0.224. The van der Waals surface area contributed by atoms with Crippen LogP contribution in [0.15, 0.2) is 55.0 Å². The Labute approximate surface area is 139 Å². The van der Waals surface area contributed by atoms with E-state index in [9.17, 15) is 4.79 Å². The van der Waals surface area contributed by atoms with Gasteiger partial charge in [-0.25, -0.2) is 4.68 Å². The number of aromatic nitrogens is 4. The molecule has 0 aliphatic carbocycles. The highest BCUT2D eigenvalue weighted by atomic mass is 16.5. The maximum absolute atomic E-state index is 12.1. The minimum Gasteiger partial charge on any atom is -0.471 e. The highest BCUT2D eigenvalue weighted by Gasteiger charge is 2.10. The lowest BCUT2D eigenvalue weighted by atomic mass is 10.3. The zero-order valence-corrected chi connectivity index (χ0v) is 13.4. The summed E-state index contributed by atoms with van der Waals surface area (Å²) in [6, 6.07) is 11.1. The fraction of sp³-hybridized carbons (Fsp3) is 0.235. The molecule has 0 fully saturated rings. The van der Waals surface area contributed by atoms with E-state index in [0.717, 1.165) is 17.9 Å². The van der Waals surface area contributed by atoms with Gasteiger partial charge in [-0.3, -0.25) is 9.48 Å². The van der Waals surface area contributed by atoms with Crippen LogP contribution in [0.4, 0.5) is 0 Å². The van der Waals surface area contributed by atoms with Gasteiger partial charge in [0.25, 0.3) is 5.91 Å². The first-order chi connectivity index (χ1) is 11.7. The second-order valence-corrected chi connectivity index (χ2v) is 5.21. The largest absolute Gasteiger partial charge is 0.471 e. The smallest absolute Gasteiger partial charge is 0.272 e. The fourth-order valence-electron chi connectivity index (χ4n) is 2.16. The number of ether oxygens (including phenoxy) is 1. The molecule has 2 heterocycles. The number of nitrogens with one attached hydrogen (secondary N) is 1. The molecule has 0 saturated carbocycles. The van der Waals surface area contributed by atoms with E-state index in [1.807, 2.05) is 48.1 Å². The van der Waals surface area contributed by atoms with Gasteiger partial charge < -0.3 is 10.1 Å². The first-order valence-corrected chi connectivity index (χ1v) is 7.75. The Hall–Kier alpha value is -3.09. The lowest BCUT2D eigenvalue weighted by Crippen LogP contribution is -2.23. The van der Waals surface area contributed by atoms with Gasteiger partial charge in [-0.1, -0.05) is 18.2 Å². The van der Waals surface area contributed by atoms with Gasteiger partial charge in [0.05, 0.1) is 6.20 Å². The van der Waals surface area contributed by atoms with Crippen molar-refractivity contribution in [2.75, 3.05) is 0 Å². The van der Waals surface area contributed by atoms with Crippen molar-refractivity contribution >= 4 is 5.91 Å². The SMILES string of the molecule is CCn1cc(CNC(=O)c2ccn(COc3ccccc3)n2)cn1. The maximum atomic E-state index is 12.1. The van der Waals surface area contributed by atoms with Crippen LogP contribution in [-0.4, -0.2) is 25.5 Å². The van der Waals surface area contributed by atoms with Crippen LogP contribution in [0.1, 0.15) is 23.0 Å². The number of benzene rings is 1. The Morgan fingerprint density at radius 3 is 2.79 bits per heavy atom. The van der Waals surface area contributed by atoms with Gasteiger partial charge in [0.1, 0.15) is 11.4 Å². The quantitative estimate of drug-likeness (QED) is 0.721. The Morgan fingerprint density at radius 2 is 2.04 bits per heavy atom. The minimum atomic E-state index is -0.224. The second kappa shape index (κ2) is 7.45. The summed E-state index contributed by atoms with van der Waals surface area (Å²) in [6.07, 6.45) is 5.37. The van der Waals surface area contributed by atoms with Crippen molar-refractivity contribution in [3.8, 4) is 5.75 Å². The van der Waals surface area contributed by atoms with Crippen molar-refractivity contribution in [2.24, 2.45) is 0 Å². The van der Waals surface area contributed by atoms with Gasteiger partial charge >= 0.3 is 0 Å². The summed E-state index contributed by atoms with van der Waals surface area (Å²) in [7, 11) is 0. The van der Waals surface area contributed by atoms with Crippen LogP contribution in [0, 0.1) is 0 Å². The normalized spacial score (nSPS) is 10.5. The molecule has 1 aromatic carbocycles. The number of carbonyl (C=O) groups is 1. The monoisotopic (exact) mass is 325 g/mol. The zero-order chi connectivity index (χ0) is 16.8. The molecule has 0 saturated heterocycles. The molecular formula is C17H19N5O2. The number of carbonyl (C=O) groups excluding carboxylic acids is 1. The van der Waals surface area contributed by atoms with Crippen LogP contribution >= 0.6 is 0 Å². The number of para-hydroxylation sites is 1. The Bertz CT molecular complexity index is 794. The van der Waals surface area contributed by atoms with Crippen LogP contribution in [0.25, 0.3) is 0 Å². The standard InChI is InChI=1S/C17H19N5O2/c1-2-21-12-14(11-19-21)10-18-17(23)16-8-9-22(20-16)13-24-15-6-4-3-5-7-15/h3-9,11-12H,2,10,13H2,1H3,(H,18,23). The summed E-state index contributed by atoms with van der Waals surface area (Å²) < 4.78 is 8.98. The third-order valence-electron chi connectivity index (χ3n) is 3.44. The molecule has 0 atom stereocenters. The third kappa shape index (κ3) is 4.01. The number of hydrogen-bond donors (Lipinski definition) is 1. The Morgan fingerprint density at radius 1 is 1.21 bits per heavy atom. The van der Waals surface area contributed by atoms with E-state index < -0.39 is 0 Å². The Balaban J connectivity index is 1.51. The summed E-state index contributed by atoms with van der Waals surface area (Å²) in [6.45, 7) is 3.49. The van der Waals surface area contributed by atoms with Crippen molar-refractivity contribution in [1.29, 1.82) is 0 Å². The highest BCUT2D eigenvalue weighted by molar-refractivity contribution is 5.92. The average Bonchev–Trinajstić information content (AvgIpc) is 3.28. The molecule has 3 aromatic rings. The van der Waals surface area contributed by atoms with Gasteiger partial charge in [0, 0.05) is 31.0 Å². The maximum Gasteiger partial charge on any atom is 0.272 e. The number of rotatable bonds is 7. The molecular weight excluding hydrogens is 306 g/mol. The average molecular weight is 325 g/mol. The van der Waals surface area contributed by atoms with Crippen LogP contribution in [0.2, 0.25) is 0 Å². The van der Waals surface area contributed by atoms with E-state index in [1.165, 1.54) is 0 Å². The molecule has 1 N–H and O–H groups in total. The van der Waals surface area contributed by atoms with E-state index in [4.69, 9.17) is 4.74 Å². The van der Waals surface area contributed by atoms with Crippen LogP contribution in [0.5, 0.6) is 5.75 Å². The Kier molecular flexibility index (Phi) is 4.90. The topological polar surface area (TPSA) is 74.0 Å². The van der Waals surface area contributed by atoms with Crippen LogP contribution in [0.3, 0.4) is 0 Å². The molecule has 1 amide bonds. The van der Waals surface area contributed by atoms with Crippen molar-refractivity contribution in [3.63, 3.8) is 0 Å². The van der Waals surface area contributed by atoms with Gasteiger partial charge in [-0.2, -0.15) is 10.2 Å². The number of amides is 1. The van der Waals surface area contributed by atoms with Crippen LogP contribution in [-0.2, 0) is 19.8 Å². The molecule has 3 rings (SSSR count). The second-order valence-electron chi connectivity index (χ2n) is 5.21. The van der Waals surface area contributed by atoms with E-state index in [-0.39, 0.29) is 12.6 Å². The van der Waals surface area contributed by atoms with Crippen molar-refractivity contribution < 1.29 is 9.53 Å². The van der Waals surface area contributed by atoms with Crippen molar-refractivity contribution in [3.05, 3.63) is 66.2 Å². The lowest BCUT2D eigenvalue weighted by molar-refractivity contribution is 0.0944. The third-order valence-corrected chi connectivity index (χ3v) is 3.44. The van der Waals surface area contributed by atoms with Crippen molar-refractivity contribution in [2.45, 2.75) is 26.7 Å². The van der Waals surface area contributed by atoms with Gasteiger partial charge in [-0.05, 0) is 25.1 Å². The predicted octanol–water partition coefficient (Wildman–Crippen LogP) is 2.07. The first-order valence-electron chi connectivity index (χ1n) is 7.75. The molecule has 0 unspecified atom stereocenters. The molecule has 24 heavy (non-hydrogen) atoms. The van der Waals surface area contributed by atoms with E-state index >= 15 is 0 Å². The number of hydrogen-bond acceptors (Lipinski definition) is 4. The van der Waals surface area contributed by atoms with E-state index in [2.05, 4.69) is 15.5 Å². The number of nitrogens with zero attached hydrogens (tertiary/aromatic N) is 4. The summed E-state index contributed by atoms with van der Waals surface area (Å²) in [5, 5.41) is 11.2. The van der Waals surface area contributed by atoms with E-state index in [1.54, 1.807) is 23.1 Å². The van der Waals surface area contributed by atoms with Gasteiger partial charge in [0.15, 0.2) is 6.73 Å². The molecule has 124 valence electrons. The predicted molar refractivity (Wildman–Crippen MR) is 88.4 cm³/mol. The molecule has 0 bridgehead atoms. The lowest BCUT2D eigenvalue weighted by Gasteiger charge is -2.05. The summed E-state index contributed by atoms with van der Waals surface area (Å²) in [5.41, 5.74) is 1.31.